The molecular formula is C6H12S. The van der Waals surface area contributed by atoms with Gasteiger partial charge in [-0.25, -0.2) is 0 Å². The molecule has 0 N–H and O–H groups in total. The Balaban J connectivity index is 1.98. The van der Waals surface area contributed by atoms with Gasteiger partial charge in [-0.05, 0) is 6.42 Å². The van der Waals surface area contributed by atoms with Crippen molar-refractivity contribution >= 4 is 11.8 Å². The van der Waals surface area contributed by atoms with Gasteiger partial charge in [0, 0.05) is 10.5 Å². The third kappa shape index (κ3) is 1.37. The highest BCUT2D eigenvalue weighted by molar-refractivity contribution is 8.07. The third-order valence-electron chi connectivity index (χ3n) is 1.41. The van der Waals surface area contributed by atoms with Gasteiger partial charge in [-0.3, -0.25) is 0 Å². The highest BCUT2D eigenvalue weighted by Crippen LogP contribution is 2.43. The van der Waals surface area contributed by atoms with Crippen molar-refractivity contribution in [2.24, 2.45) is 0 Å². The van der Waals surface area contributed by atoms with E-state index in [1.54, 1.807) is 0 Å². The third-order valence-corrected chi connectivity index (χ3v) is 2.85. The minimum Gasteiger partial charge on any atom is -0.153 e. The fraction of sp³-hybridized carbons (Fsp3) is 1.00. The Kier molecular flexibility index (Phi) is 1.63. The highest BCUT2D eigenvalue weighted by Gasteiger charge is 2.31. The van der Waals surface area contributed by atoms with Gasteiger partial charge in [0.2, 0.25) is 0 Å². The van der Waals surface area contributed by atoms with Gasteiger partial charge in [0.15, 0.2) is 0 Å². The molecule has 2 unspecified atom stereocenters. The Morgan fingerprint density at radius 2 is 2.14 bits per heavy atom. The topological polar surface area (TPSA) is 0 Å². The maximum Gasteiger partial charge on any atom is 0.0166 e. The number of rotatable bonds is 2. The largest absolute Gasteiger partial charge is 0.153 e. The van der Waals surface area contributed by atoms with Gasteiger partial charge in [-0.15, -0.1) is 0 Å². The maximum atomic E-state index is 2.31. The SMILES string of the molecule is CCCC1SC1C. The number of hydrogen-bond donors (Lipinski definition) is 0. The first-order chi connectivity index (χ1) is 3.34. The smallest absolute Gasteiger partial charge is 0.0166 e. The van der Waals surface area contributed by atoms with E-state index in [1.807, 2.05) is 0 Å². The van der Waals surface area contributed by atoms with Gasteiger partial charge in [0.1, 0.15) is 0 Å². The molecule has 0 aromatic carbocycles. The molecule has 0 bridgehead atoms. The van der Waals surface area contributed by atoms with Crippen LogP contribution in [-0.2, 0) is 0 Å². The van der Waals surface area contributed by atoms with E-state index in [0.29, 0.717) is 0 Å². The molecular weight excluding hydrogens is 104 g/mol. The zero-order valence-electron chi connectivity index (χ0n) is 4.98. The second-order valence-electron chi connectivity index (χ2n) is 2.17. The maximum absolute atomic E-state index is 2.31. The summed E-state index contributed by atoms with van der Waals surface area (Å²) in [4.78, 5) is 0. The Labute approximate surface area is 49.7 Å². The summed E-state index contributed by atoms with van der Waals surface area (Å²) < 4.78 is 0. The van der Waals surface area contributed by atoms with Crippen LogP contribution in [-0.4, -0.2) is 10.5 Å². The van der Waals surface area contributed by atoms with Crippen molar-refractivity contribution in [3.8, 4) is 0 Å². The molecule has 0 aromatic rings. The number of hydrogen-bond acceptors (Lipinski definition) is 1. The van der Waals surface area contributed by atoms with Crippen LogP contribution in [0, 0.1) is 0 Å². The summed E-state index contributed by atoms with van der Waals surface area (Å²) in [6.45, 7) is 4.57. The molecule has 0 radical (unpaired) electrons. The average Bonchev–Trinajstić information content (AvgIpc) is 2.22. The number of thioether (sulfide) groups is 1. The van der Waals surface area contributed by atoms with E-state index >= 15 is 0 Å². The van der Waals surface area contributed by atoms with Crippen molar-refractivity contribution in [3.63, 3.8) is 0 Å². The molecule has 0 nitrogen and oxygen atoms in total. The van der Waals surface area contributed by atoms with Crippen LogP contribution in [0.15, 0.2) is 0 Å². The second-order valence-corrected chi connectivity index (χ2v) is 3.79. The van der Waals surface area contributed by atoms with Crippen LogP contribution in [0.3, 0.4) is 0 Å². The van der Waals surface area contributed by atoms with E-state index in [2.05, 4.69) is 25.6 Å². The van der Waals surface area contributed by atoms with Crippen molar-refractivity contribution in [2.45, 2.75) is 37.2 Å². The van der Waals surface area contributed by atoms with Crippen LogP contribution >= 0.6 is 11.8 Å². The summed E-state index contributed by atoms with van der Waals surface area (Å²) in [5.74, 6) is 0. The van der Waals surface area contributed by atoms with Gasteiger partial charge in [0.25, 0.3) is 0 Å². The molecule has 1 heteroatoms. The molecule has 1 heterocycles. The molecule has 1 rings (SSSR count). The first-order valence-electron chi connectivity index (χ1n) is 3.00. The van der Waals surface area contributed by atoms with Gasteiger partial charge in [-0.2, -0.15) is 11.8 Å². The van der Waals surface area contributed by atoms with E-state index < -0.39 is 0 Å². The van der Waals surface area contributed by atoms with E-state index in [-0.39, 0.29) is 0 Å². The Bertz CT molecular complexity index is 61.2. The fourth-order valence-electron chi connectivity index (χ4n) is 0.818. The summed E-state index contributed by atoms with van der Waals surface area (Å²) in [5, 5.41) is 2.02. The van der Waals surface area contributed by atoms with Crippen LogP contribution in [0.25, 0.3) is 0 Å². The Hall–Kier alpha value is 0.350. The lowest BCUT2D eigenvalue weighted by Crippen LogP contribution is -1.85. The first kappa shape index (κ1) is 5.49. The minimum atomic E-state index is 0.986. The molecule has 0 aliphatic carbocycles. The predicted octanol–water partition coefficient (Wildman–Crippen LogP) is 2.29. The molecule has 1 aliphatic rings. The van der Waals surface area contributed by atoms with Gasteiger partial charge in [0.05, 0.1) is 0 Å². The summed E-state index contributed by atoms with van der Waals surface area (Å²) in [6.07, 6.45) is 2.80. The molecule has 1 saturated heterocycles. The molecule has 1 aliphatic heterocycles. The molecule has 0 aromatic heterocycles. The highest BCUT2D eigenvalue weighted by atomic mass is 32.2. The lowest BCUT2D eigenvalue weighted by atomic mass is 10.2. The minimum absolute atomic E-state index is 0.986. The predicted molar refractivity (Wildman–Crippen MR) is 35.7 cm³/mol. The lowest BCUT2D eigenvalue weighted by molar-refractivity contribution is 0.787. The van der Waals surface area contributed by atoms with Crippen molar-refractivity contribution in [1.82, 2.24) is 0 Å². The molecule has 42 valence electrons. The summed E-state index contributed by atoms with van der Waals surface area (Å²) in [6, 6.07) is 0. The molecule has 0 spiro atoms. The lowest BCUT2D eigenvalue weighted by Gasteiger charge is -1.84. The molecule has 7 heavy (non-hydrogen) atoms. The molecule has 1 fully saturated rings. The van der Waals surface area contributed by atoms with Crippen LogP contribution < -0.4 is 0 Å². The quantitative estimate of drug-likeness (QED) is 0.499. The molecule has 2 atom stereocenters. The van der Waals surface area contributed by atoms with Gasteiger partial charge in [-0.1, -0.05) is 20.3 Å². The van der Waals surface area contributed by atoms with Gasteiger partial charge < -0.3 is 0 Å². The van der Waals surface area contributed by atoms with E-state index in [1.165, 1.54) is 12.8 Å². The monoisotopic (exact) mass is 116 g/mol. The van der Waals surface area contributed by atoms with E-state index in [9.17, 15) is 0 Å². The molecule has 0 amide bonds. The van der Waals surface area contributed by atoms with Crippen molar-refractivity contribution in [2.75, 3.05) is 0 Å². The first-order valence-corrected chi connectivity index (χ1v) is 3.94. The summed E-state index contributed by atoms with van der Waals surface area (Å²) in [5.41, 5.74) is 0. The molecule has 0 saturated carbocycles. The van der Waals surface area contributed by atoms with E-state index in [0.717, 1.165) is 10.5 Å². The van der Waals surface area contributed by atoms with Crippen molar-refractivity contribution in [3.05, 3.63) is 0 Å². The Morgan fingerprint density at radius 3 is 2.29 bits per heavy atom. The zero-order valence-corrected chi connectivity index (χ0v) is 5.79. The fourth-order valence-corrected chi connectivity index (χ4v) is 1.79. The average molecular weight is 116 g/mol. The summed E-state index contributed by atoms with van der Waals surface area (Å²) >= 11 is 2.12. The van der Waals surface area contributed by atoms with Crippen LogP contribution in [0.1, 0.15) is 26.7 Å². The summed E-state index contributed by atoms with van der Waals surface area (Å²) in [7, 11) is 0. The van der Waals surface area contributed by atoms with Crippen LogP contribution in [0.4, 0.5) is 0 Å². The van der Waals surface area contributed by atoms with Crippen LogP contribution in [0.5, 0.6) is 0 Å². The zero-order chi connectivity index (χ0) is 5.28. The van der Waals surface area contributed by atoms with E-state index in [4.69, 9.17) is 0 Å². The van der Waals surface area contributed by atoms with Gasteiger partial charge >= 0.3 is 0 Å². The standard InChI is InChI=1S/C6H12S/c1-3-4-6-5(2)7-6/h5-6H,3-4H2,1-2H3. The van der Waals surface area contributed by atoms with Crippen molar-refractivity contribution < 1.29 is 0 Å². The Morgan fingerprint density at radius 1 is 1.57 bits per heavy atom. The second kappa shape index (κ2) is 2.08. The normalized spacial score (nSPS) is 38.6. The van der Waals surface area contributed by atoms with Crippen LogP contribution in [0.2, 0.25) is 0 Å². The van der Waals surface area contributed by atoms with Crippen molar-refractivity contribution in [1.29, 1.82) is 0 Å².